The van der Waals surface area contributed by atoms with Gasteiger partial charge >= 0.3 is 0 Å². The molecule has 2 aromatic heterocycles. The maximum absolute atomic E-state index is 5.23. The van der Waals surface area contributed by atoms with Gasteiger partial charge in [-0.1, -0.05) is 0 Å². The highest BCUT2D eigenvalue weighted by Crippen LogP contribution is 2.09. The number of fused-ring (bicyclic) bond motifs is 1. The molecule has 3 N–H and O–H groups in total. The lowest BCUT2D eigenvalue weighted by Crippen LogP contribution is -2.10. The summed E-state index contributed by atoms with van der Waals surface area (Å²) in [7, 11) is 0. The third-order valence-electron chi connectivity index (χ3n) is 1.52. The van der Waals surface area contributed by atoms with Gasteiger partial charge in [0.2, 0.25) is 0 Å². The van der Waals surface area contributed by atoms with Gasteiger partial charge in [-0.3, -0.25) is 0 Å². The fourth-order valence-electron chi connectivity index (χ4n) is 1.03. The minimum atomic E-state index is 0.526. The molecule has 0 aliphatic carbocycles. The van der Waals surface area contributed by atoms with E-state index in [-0.39, 0.29) is 0 Å². The average Bonchev–Trinajstić information content (AvgIpc) is 2.44. The number of nitrogens with zero attached hydrogens (tertiary/aromatic N) is 4. The van der Waals surface area contributed by atoms with Crippen LogP contribution in [0.3, 0.4) is 0 Å². The molecule has 0 aliphatic heterocycles. The number of nitrogens with two attached hydrogens (primary N) is 1. The van der Waals surface area contributed by atoms with Crippen molar-refractivity contribution in [1.29, 1.82) is 0 Å². The molecule has 6 heteroatoms. The highest BCUT2D eigenvalue weighted by atomic mass is 15.3. The Morgan fingerprint density at radius 1 is 1.58 bits per heavy atom. The molecule has 0 bridgehead atoms. The van der Waals surface area contributed by atoms with Crippen LogP contribution in [0, 0.1) is 6.92 Å². The number of hydrogen-bond donors (Lipinski definition) is 2. The van der Waals surface area contributed by atoms with Crippen LogP contribution in [0.2, 0.25) is 0 Å². The Hall–Kier alpha value is -1.69. The molecule has 0 saturated heterocycles. The van der Waals surface area contributed by atoms with Crippen LogP contribution in [0.5, 0.6) is 0 Å². The third-order valence-corrected chi connectivity index (χ3v) is 1.52. The molecule has 2 heterocycles. The molecule has 2 aromatic rings. The molecule has 62 valence electrons. The Labute approximate surface area is 68.4 Å². The van der Waals surface area contributed by atoms with Gasteiger partial charge in [-0.25, -0.2) is 20.3 Å². The van der Waals surface area contributed by atoms with Gasteiger partial charge in [-0.05, 0) is 6.92 Å². The van der Waals surface area contributed by atoms with Crippen molar-refractivity contribution in [3.05, 3.63) is 18.2 Å². The second-order valence-corrected chi connectivity index (χ2v) is 2.40. The molecular formula is C6H8N6. The van der Waals surface area contributed by atoms with Gasteiger partial charge in [-0.15, -0.1) is 0 Å². The summed E-state index contributed by atoms with van der Waals surface area (Å²) < 4.78 is 1.62. The quantitative estimate of drug-likeness (QED) is 0.447. The van der Waals surface area contributed by atoms with Gasteiger partial charge in [0.1, 0.15) is 6.33 Å². The van der Waals surface area contributed by atoms with Crippen molar-refractivity contribution >= 4 is 11.5 Å². The monoisotopic (exact) mass is 164 g/mol. The van der Waals surface area contributed by atoms with E-state index < -0.39 is 0 Å². The molecule has 2 rings (SSSR count). The largest absolute Gasteiger partial charge is 0.305 e. The van der Waals surface area contributed by atoms with Gasteiger partial charge in [0.25, 0.3) is 0 Å². The zero-order valence-electron chi connectivity index (χ0n) is 6.52. The van der Waals surface area contributed by atoms with Crippen molar-refractivity contribution in [2.24, 2.45) is 5.84 Å². The van der Waals surface area contributed by atoms with Crippen molar-refractivity contribution in [2.75, 3.05) is 5.43 Å². The van der Waals surface area contributed by atoms with E-state index in [0.29, 0.717) is 11.5 Å². The first-order valence-electron chi connectivity index (χ1n) is 3.45. The van der Waals surface area contributed by atoms with Gasteiger partial charge < -0.3 is 5.43 Å². The minimum absolute atomic E-state index is 0.526. The SMILES string of the molecule is Cc1cn2ncnc(NN)c2n1. The Bertz CT molecular complexity index is 405. The molecule has 12 heavy (non-hydrogen) atoms. The molecular weight excluding hydrogens is 156 g/mol. The predicted molar refractivity (Wildman–Crippen MR) is 43.3 cm³/mol. The number of aryl methyl sites for hydroxylation is 1. The lowest BCUT2D eigenvalue weighted by molar-refractivity contribution is 0.896. The first kappa shape index (κ1) is 6.99. The fraction of sp³-hybridized carbons (Fsp3) is 0.167. The minimum Gasteiger partial charge on any atom is -0.305 e. The van der Waals surface area contributed by atoms with Crippen LogP contribution >= 0.6 is 0 Å². The molecule has 0 saturated carbocycles. The van der Waals surface area contributed by atoms with Crippen molar-refractivity contribution < 1.29 is 0 Å². The summed E-state index contributed by atoms with van der Waals surface area (Å²) in [6.07, 6.45) is 3.22. The average molecular weight is 164 g/mol. The summed E-state index contributed by atoms with van der Waals surface area (Å²) in [6, 6.07) is 0. The molecule has 0 aromatic carbocycles. The van der Waals surface area contributed by atoms with Gasteiger partial charge in [0, 0.05) is 0 Å². The van der Waals surface area contributed by atoms with Gasteiger partial charge in [0.05, 0.1) is 11.9 Å². The number of anilines is 1. The normalized spacial score (nSPS) is 10.5. The van der Waals surface area contributed by atoms with Crippen molar-refractivity contribution in [3.63, 3.8) is 0 Å². The lowest BCUT2D eigenvalue weighted by Gasteiger charge is -1.97. The van der Waals surface area contributed by atoms with Crippen LogP contribution in [0.1, 0.15) is 5.69 Å². The molecule has 0 unspecified atom stereocenters. The Morgan fingerprint density at radius 2 is 2.42 bits per heavy atom. The molecule has 0 amide bonds. The van der Waals surface area contributed by atoms with E-state index in [9.17, 15) is 0 Å². The number of nitrogens with one attached hydrogen (secondary N) is 1. The standard InChI is InChI=1S/C6H8N6/c1-4-2-12-6(10-4)5(11-7)8-3-9-12/h2-3H,7H2,1H3,(H,8,9,11). The van der Waals surface area contributed by atoms with E-state index in [1.165, 1.54) is 6.33 Å². The first-order valence-corrected chi connectivity index (χ1v) is 3.45. The molecule has 0 spiro atoms. The summed E-state index contributed by atoms with van der Waals surface area (Å²) in [4.78, 5) is 8.09. The van der Waals surface area contributed by atoms with Crippen molar-refractivity contribution in [3.8, 4) is 0 Å². The van der Waals surface area contributed by atoms with E-state index >= 15 is 0 Å². The van der Waals surface area contributed by atoms with E-state index in [4.69, 9.17) is 5.84 Å². The number of nitrogen functional groups attached to an aromatic ring is 1. The summed E-state index contributed by atoms with van der Waals surface area (Å²) >= 11 is 0. The molecule has 0 aliphatic rings. The van der Waals surface area contributed by atoms with Crippen LogP contribution in [0.15, 0.2) is 12.5 Å². The summed E-state index contributed by atoms with van der Waals surface area (Å²) in [5.41, 5.74) is 3.97. The lowest BCUT2D eigenvalue weighted by atomic mass is 10.6. The van der Waals surface area contributed by atoms with Gasteiger partial charge in [0.15, 0.2) is 11.5 Å². The fourth-order valence-corrected chi connectivity index (χ4v) is 1.03. The highest BCUT2D eigenvalue weighted by molar-refractivity contribution is 5.61. The molecule has 0 atom stereocenters. The van der Waals surface area contributed by atoms with E-state index in [1.807, 2.05) is 6.92 Å². The van der Waals surface area contributed by atoms with Gasteiger partial charge in [-0.2, -0.15) is 5.10 Å². The number of rotatable bonds is 1. The molecule has 6 nitrogen and oxygen atoms in total. The number of hydrazine groups is 1. The van der Waals surface area contributed by atoms with Crippen LogP contribution < -0.4 is 11.3 Å². The van der Waals surface area contributed by atoms with Crippen LogP contribution in [-0.2, 0) is 0 Å². The maximum atomic E-state index is 5.23. The number of imidazole rings is 1. The summed E-state index contributed by atoms with van der Waals surface area (Å²) in [5, 5.41) is 3.96. The molecule has 0 fully saturated rings. The zero-order chi connectivity index (χ0) is 8.55. The Kier molecular flexibility index (Phi) is 1.41. The van der Waals surface area contributed by atoms with Crippen molar-refractivity contribution in [1.82, 2.24) is 19.6 Å². The smallest absolute Gasteiger partial charge is 0.198 e. The predicted octanol–water partition coefficient (Wildman–Crippen LogP) is -0.282. The highest BCUT2D eigenvalue weighted by Gasteiger charge is 2.03. The summed E-state index contributed by atoms with van der Waals surface area (Å²) in [6.45, 7) is 1.88. The first-order chi connectivity index (χ1) is 5.81. The maximum Gasteiger partial charge on any atom is 0.198 e. The van der Waals surface area contributed by atoms with Crippen LogP contribution in [0.25, 0.3) is 5.65 Å². The number of hydrogen-bond acceptors (Lipinski definition) is 5. The third kappa shape index (κ3) is 0.892. The second kappa shape index (κ2) is 2.42. The second-order valence-electron chi connectivity index (χ2n) is 2.40. The molecule has 0 radical (unpaired) electrons. The van der Waals surface area contributed by atoms with E-state index in [1.54, 1.807) is 10.7 Å². The van der Waals surface area contributed by atoms with Crippen LogP contribution in [-0.4, -0.2) is 19.6 Å². The summed E-state index contributed by atoms with van der Waals surface area (Å²) in [5.74, 6) is 5.76. The topological polar surface area (TPSA) is 81.1 Å². The van der Waals surface area contributed by atoms with Crippen LogP contribution in [0.4, 0.5) is 5.82 Å². The van der Waals surface area contributed by atoms with E-state index in [0.717, 1.165) is 5.69 Å². The number of aromatic nitrogens is 4. The van der Waals surface area contributed by atoms with E-state index in [2.05, 4.69) is 20.5 Å². The Morgan fingerprint density at radius 3 is 3.17 bits per heavy atom. The van der Waals surface area contributed by atoms with Crippen molar-refractivity contribution in [2.45, 2.75) is 6.92 Å². The zero-order valence-corrected chi connectivity index (χ0v) is 6.52. The Balaban J connectivity index is 2.78.